The summed E-state index contributed by atoms with van der Waals surface area (Å²) in [6, 6.07) is 7.21. The summed E-state index contributed by atoms with van der Waals surface area (Å²) in [5, 5.41) is 3.91. The van der Waals surface area contributed by atoms with Crippen molar-refractivity contribution in [1.29, 1.82) is 0 Å². The molecule has 1 aromatic heterocycles. The van der Waals surface area contributed by atoms with Gasteiger partial charge in [-0.15, -0.1) is 0 Å². The highest BCUT2D eigenvalue weighted by Crippen LogP contribution is 2.29. The molecule has 1 fully saturated rings. The molecule has 0 atom stereocenters. The maximum absolute atomic E-state index is 13.2. The molecule has 1 heterocycles. The Bertz CT molecular complexity index is 582. The molecule has 1 saturated carbocycles. The molecule has 6 heteroatoms. The Morgan fingerprint density at radius 2 is 2.20 bits per heavy atom. The zero-order chi connectivity index (χ0) is 13.9. The van der Waals surface area contributed by atoms with E-state index < -0.39 is 0 Å². The van der Waals surface area contributed by atoms with Crippen molar-refractivity contribution in [3.8, 4) is 0 Å². The third-order valence-electron chi connectivity index (χ3n) is 3.37. The molecule has 2 N–H and O–H groups in total. The van der Waals surface area contributed by atoms with Gasteiger partial charge < -0.3 is 10.3 Å². The molecular formula is C14H17FN4O. The molecule has 0 aliphatic heterocycles. The predicted octanol–water partition coefficient (Wildman–Crippen LogP) is 1.83. The van der Waals surface area contributed by atoms with Gasteiger partial charge >= 0.3 is 0 Å². The second-order valence-electron chi connectivity index (χ2n) is 5.07. The third-order valence-corrected chi connectivity index (χ3v) is 3.37. The van der Waals surface area contributed by atoms with Gasteiger partial charge in [0.05, 0.1) is 13.1 Å². The summed E-state index contributed by atoms with van der Waals surface area (Å²) >= 11 is 0. The van der Waals surface area contributed by atoms with Gasteiger partial charge in [-0.05, 0) is 30.5 Å². The van der Waals surface area contributed by atoms with Crippen LogP contribution in [0.15, 0.2) is 28.8 Å². The van der Waals surface area contributed by atoms with Crippen LogP contribution in [0.25, 0.3) is 0 Å². The van der Waals surface area contributed by atoms with E-state index in [1.54, 1.807) is 12.1 Å². The standard InChI is InChI=1S/C14H17FN4O/c15-11-3-1-2-10(6-11)8-19(12-4-5-12)9-13-17-14(7-16)20-18-13/h1-3,6,12H,4-5,7-9,16H2. The Kier molecular flexibility index (Phi) is 3.75. The molecule has 2 aromatic rings. The molecule has 0 amide bonds. The number of aromatic nitrogens is 2. The van der Waals surface area contributed by atoms with E-state index >= 15 is 0 Å². The van der Waals surface area contributed by atoms with Gasteiger partial charge in [0.1, 0.15) is 5.82 Å². The number of hydrogen-bond acceptors (Lipinski definition) is 5. The van der Waals surface area contributed by atoms with E-state index in [0.717, 1.165) is 18.4 Å². The molecule has 0 bridgehead atoms. The minimum Gasteiger partial charge on any atom is -0.338 e. The quantitative estimate of drug-likeness (QED) is 0.871. The van der Waals surface area contributed by atoms with Crippen molar-refractivity contribution < 1.29 is 8.91 Å². The van der Waals surface area contributed by atoms with Crippen molar-refractivity contribution in [1.82, 2.24) is 15.0 Å². The van der Waals surface area contributed by atoms with Crippen molar-refractivity contribution in [3.63, 3.8) is 0 Å². The van der Waals surface area contributed by atoms with E-state index in [-0.39, 0.29) is 12.4 Å². The van der Waals surface area contributed by atoms with E-state index in [4.69, 9.17) is 10.3 Å². The Morgan fingerprint density at radius 1 is 1.35 bits per heavy atom. The highest BCUT2D eigenvalue weighted by molar-refractivity contribution is 5.16. The summed E-state index contributed by atoms with van der Waals surface area (Å²) < 4.78 is 18.2. The summed E-state index contributed by atoms with van der Waals surface area (Å²) in [5.41, 5.74) is 6.41. The largest absolute Gasteiger partial charge is 0.338 e. The maximum Gasteiger partial charge on any atom is 0.240 e. The second-order valence-corrected chi connectivity index (χ2v) is 5.07. The van der Waals surface area contributed by atoms with Crippen molar-refractivity contribution >= 4 is 0 Å². The first kappa shape index (κ1) is 13.2. The van der Waals surface area contributed by atoms with E-state index in [9.17, 15) is 4.39 Å². The van der Waals surface area contributed by atoms with Gasteiger partial charge in [-0.1, -0.05) is 17.3 Å². The van der Waals surface area contributed by atoms with Crippen molar-refractivity contribution in [2.75, 3.05) is 0 Å². The van der Waals surface area contributed by atoms with Crippen LogP contribution < -0.4 is 5.73 Å². The van der Waals surface area contributed by atoms with Crippen LogP contribution >= 0.6 is 0 Å². The van der Waals surface area contributed by atoms with E-state index in [0.29, 0.717) is 30.8 Å². The first-order valence-corrected chi connectivity index (χ1v) is 6.74. The van der Waals surface area contributed by atoms with Crippen LogP contribution in [0, 0.1) is 5.82 Å². The first-order chi connectivity index (χ1) is 9.74. The number of hydrogen-bond donors (Lipinski definition) is 1. The third kappa shape index (κ3) is 3.20. The second kappa shape index (κ2) is 5.68. The Balaban J connectivity index is 1.69. The summed E-state index contributed by atoms with van der Waals surface area (Å²) in [5.74, 6) is 0.874. The highest BCUT2D eigenvalue weighted by Gasteiger charge is 2.30. The van der Waals surface area contributed by atoms with Gasteiger partial charge in [0.15, 0.2) is 5.82 Å². The lowest BCUT2D eigenvalue weighted by atomic mass is 10.2. The van der Waals surface area contributed by atoms with Gasteiger partial charge in [0, 0.05) is 12.6 Å². The van der Waals surface area contributed by atoms with Crippen LogP contribution in [-0.4, -0.2) is 21.1 Å². The van der Waals surface area contributed by atoms with Crippen LogP contribution in [0.5, 0.6) is 0 Å². The normalized spacial score (nSPS) is 14.9. The summed E-state index contributed by atoms with van der Waals surface area (Å²) in [6.45, 7) is 1.54. The molecule has 1 aromatic carbocycles. The van der Waals surface area contributed by atoms with Crippen LogP contribution in [0.4, 0.5) is 4.39 Å². The monoisotopic (exact) mass is 276 g/mol. The molecule has 20 heavy (non-hydrogen) atoms. The van der Waals surface area contributed by atoms with Crippen molar-refractivity contribution in [2.24, 2.45) is 5.73 Å². The Morgan fingerprint density at radius 3 is 2.85 bits per heavy atom. The maximum atomic E-state index is 13.2. The molecule has 0 saturated heterocycles. The Labute approximate surface area is 116 Å². The molecule has 3 rings (SSSR count). The number of halogens is 1. The molecule has 1 aliphatic rings. The van der Waals surface area contributed by atoms with E-state index in [1.165, 1.54) is 6.07 Å². The molecule has 1 aliphatic carbocycles. The zero-order valence-corrected chi connectivity index (χ0v) is 11.1. The fraction of sp³-hybridized carbons (Fsp3) is 0.429. The molecule has 0 spiro atoms. The van der Waals surface area contributed by atoms with Gasteiger partial charge in [-0.2, -0.15) is 4.98 Å². The van der Waals surface area contributed by atoms with Crippen molar-refractivity contribution in [2.45, 2.75) is 38.5 Å². The van der Waals surface area contributed by atoms with Gasteiger partial charge in [-0.25, -0.2) is 4.39 Å². The summed E-state index contributed by atoms with van der Waals surface area (Å²) in [7, 11) is 0. The van der Waals surface area contributed by atoms with Crippen molar-refractivity contribution in [3.05, 3.63) is 47.4 Å². The molecular weight excluding hydrogens is 259 g/mol. The van der Waals surface area contributed by atoms with Crippen LogP contribution in [0.1, 0.15) is 30.1 Å². The fourth-order valence-corrected chi connectivity index (χ4v) is 2.24. The van der Waals surface area contributed by atoms with Gasteiger partial charge in [0.2, 0.25) is 5.89 Å². The number of nitrogens with zero attached hydrogens (tertiary/aromatic N) is 3. The molecule has 0 radical (unpaired) electrons. The van der Waals surface area contributed by atoms with E-state index in [2.05, 4.69) is 15.0 Å². The SMILES string of the molecule is NCc1nc(CN(Cc2cccc(F)c2)C2CC2)no1. The number of benzene rings is 1. The lowest BCUT2D eigenvalue weighted by Gasteiger charge is -2.20. The minimum absolute atomic E-state index is 0.205. The topological polar surface area (TPSA) is 68.2 Å². The lowest BCUT2D eigenvalue weighted by molar-refractivity contribution is 0.235. The lowest BCUT2D eigenvalue weighted by Crippen LogP contribution is -2.25. The molecule has 106 valence electrons. The van der Waals surface area contributed by atoms with Crippen LogP contribution in [0.3, 0.4) is 0 Å². The van der Waals surface area contributed by atoms with Gasteiger partial charge in [-0.3, -0.25) is 4.90 Å². The molecule has 0 unspecified atom stereocenters. The Hall–Kier alpha value is -1.79. The van der Waals surface area contributed by atoms with E-state index in [1.807, 2.05) is 6.07 Å². The zero-order valence-electron chi connectivity index (χ0n) is 11.1. The average molecular weight is 276 g/mol. The average Bonchev–Trinajstić information content (AvgIpc) is 3.19. The number of rotatable bonds is 6. The first-order valence-electron chi connectivity index (χ1n) is 6.74. The fourth-order valence-electron chi connectivity index (χ4n) is 2.24. The summed E-state index contributed by atoms with van der Waals surface area (Å²) in [6.07, 6.45) is 2.33. The number of nitrogens with two attached hydrogens (primary N) is 1. The molecule has 5 nitrogen and oxygen atoms in total. The predicted molar refractivity (Wildman–Crippen MR) is 70.9 cm³/mol. The highest BCUT2D eigenvalue weighted by atomic mass is 19.1. The smallest absolute Gasteiger partial charge is 0.240 e. The van der Waals surface area contributed by atoms with Gasteiger partial charge in [0.25, 0.3) is 0 Å². The van der Waals surface area contributed by atoms with Crippen LogP contribution in [-0.2, 0) is 19.6 Å². The minimum atomic E-state index is -0.205. The summed E-state index contributed by atoms with van der Waals surface area (Å²) in [4.78, 5) is 6.47. The van der Waals surface area contributed by atoms with Crippen LogP contribution in [0.2, 0.25) is 0 Å².